The molecule has 6 heteroatoms. The molecular formula is C20H19N3O3. The van der Waals surface area contributed by atoms with E-state index in [1.54, 1.807) is 19.3 Å². The molecule has 132 valence electrons. The van der Waals surface area contributed by atoms with Crippen LogP contribution in [0.15, 0.2) is 59.5 Å². The summed E-state index contributed by atoms with van der Waals surface area (Å²) in [4.78, 5) is 16.7. The van der Waals surface area contributed by atoms with Gasteiger partial charge in [-0.3, -0.25) is 4.98 Å². The Bertz CT molecular complexity index is 931. The molecule has 0 amide bonds. The number of methoxy groups -OCH3 is 1. The number of aliphatic hydroxyl groups excluding tert-OH is 1. The summed E-state index contributed by atoms with van der Waals surface area (Å²) in [7, 11) is 1.26. The first-order valence-corrected chi connectivity index (χ1v) is 8.15. The van der Waals surface area contributed by atoms with Gasteiger partial charge < -0.3 is 9.84 Å². The van der Waals surface area contributed by atoms with E-state index < -0.39 is 5.97 Å². The lowest BCUT2D eigenvalue weighted by atomic mass is 9.96. The third-order valence-corrected chi connectivity index (χ3v) is 4.05. The van der Waals surface area contributed by atoms with Crippen LogP contribution in [-0.2, 0) is 9.53 Å². The number of carbonyl (C=O) groups is 1. The molecule has 2 aromatic rings. The summed E-state index contributed by atoms with van der Waals surface area (Å²) in [5.74, 6) is -0.889. The summed E-state index contributed by atoms with van der Waals surface area (Å²) in [6.07, 6.45) is 4.94. The monoisotopic (exact) mass is 349 g/mol. The standard InChI is InChI=1S/C20H19N3O3/c1-4-17-14-11-16(13-9-7-6-8-10-13)21-12-15(14)19(24)18(20(25)26-3)23(17)22-5-2/h4-12,24H,1-3H3/b17-4+,22-5-. The number of esters is 1. The maximum Gasteiger partial charge on any atom is 0.360 e. The summed E-state index contributed by atoms with van der Waals surface area (Å²) in [6, 6.07) is 11.6. The molecule has 0 spiro atoms. The van der Waals surface area contributed by atoms with E-state index in [1.807, 2.05) is 49.4 Å². The second-order valence-electron chi connectivity index (χ2n) is 5.53. The molecule has 1 aliphatic heterocycles. The summed E-state index contributed by atoms with van der Waals surface area (Å²) in [5, 5.41) is 16.3. The highest BCUT2D eigenvalue weighted by molar-refractivity contribution is 6.01. The van der Waals surface area contributed by atoms with Crippen LogP contribution >= 0.6 is 0 Å². The van der Waals surface area contributed by atoms with E-state index in [0.29, 0.717) is 11.3 Å². The number of fused-ring (bicyclic) bond motifs is 1. The van der Waals surface area contributed by atoms with Crippen LogP contribution < -0.4 is 0 Å². The van der Waals surface area contributed by atoms with Gasteiger partial charge in [-0.05, 0) is 19.9 Å². The van der Waals surface area contributed by atoms with Gasteiger partial charge in [-0.15, -0.1) is 0 Å². The maximum atomic E-state index is 12.2. The first-order chi connectivity index (χ1) is 12.6. The quantitative estimate of drug-likeness (QED) is 0.673. The third-order valence-electron chi connectivity index (χ3n) is 4.05. The molecule has 1 N–H and O–H groups in total. The number of ether oxygens (including phenoxy) is 1. The Balaban J connectivity index is 2.25. The van der Waals surface area contributed by atoms with Crippen molar-refractivity contribution in [3.05, 3.63) is 65.5 Å². The summed E-state index contributed by atoms with van der Waals surface area (Å²) in [5.41, 5.74) is 3.53. The van der Waals surface area contributed by atoms with E-state index in [1.165, 1.54) is 12.1 Å². The molecule has 1 aromatic heterocycles. The van der Waals surface area contributed by atoms with Crippen LogP contribution in [0.25, 0.3) is 22.7 Å². The maximum absolute atomic E-state index is 12.2. The molecule has 1 aliphatic rings. The molecule has 0 unspecified atom stereocenters. The molecule has 26 heavy (non-hydrogen) atoms. The van der Waals surface area contributed by atoms with E-state index in [4.69, 9.17) is 4.74 Å². The van der Waals surface area contributed by atoms with Crippen molar-refractivity contribution in [1.82, 2.24) is 9.99 Å². The molecule has 0 saturated heterocycles. The van der Waals surface area contributed by atoms with Gasteiger partial charge in [0.1, 0.15) is 0 Å². The molecule has 2 heterocycles. The number of hydrazone groups is 1. The molecule has 0 radical (unpaired) electrons. The van der Waals surface area contributed by atoms with Crippen molar-refractivity contribution in [2.45, 2.75) is 13.8 Å². The van der Waals surface area contributed by atoms with Crippen molar-refractivity contribution in [3.8, 4) is 11.3 Å². The minimum absolute atomic E-state index is 0.0412. The fourth-order valence-electron chi connectivity index (χ4n) is 2.88. The van der Waals surface area contributed by atoms with E-state index >= 15 is 0 Å². The van der Waals surface area contributed by atoms with Crippen LogP contribution in [-0.4, -0.2) is 34.4 Å². The van der Waals surface area contributed by atoms with Gasteiger partial charge in [0.15, 0.2) is 11.5 Å². The largest absolute Gasteiger partial charge is 0.505 e. The summed E-state index contributed by atoms with van der Waals surface area (Å²) >= 11 is 0. The number of pyridine rings is 1. The Morgan fingerprint density at radius 2 is 1.96 bits per heavy atom. The molecule has 0 aliphatic carbocycles. The Hall–Kier alpha value is -3.41. The lowest BCUT2D eigenvalue weighted by Crippen LogP contribution is -2.28. The predicted molar refractivity (Wildman–Crippen MR) is 101 cm³/mol. The lowest BCUT2D eigenvalue weighted by Gasteiger charge is -2.30. The van der Waals surface area contributed by atoms with Crippen LogP contribution in [0.1, 0.15) is 25.0 Å². The molecule has 0 fully saturated rings. The average Bonchev–Trinajstić information content (AvgIpc) is 2.68. The zero-order valence-electron chi connectivity index (χ0n) is 14.8. The molecule has 6 nitrogen and oxygen atoms in total. The summed E-state index contributed by atoms with van der Waals surface area (Å²) in [6.45, 7) is 3.58. The number of hydrogen-bond donors (Lipinski definition) is 1. The van der Waals surface area contributed by atoms with Gasteiger partial charge in [0, 0.05) is 29.1 Å². The van der Waals surface area contributed by atoms with Gasteiger partial charge in [0.05, 0.1) is 18.5 Å². The Morgan fingerprint density at radius 1 is 1.23 bits per heavy atom. The molecule has 0 saturated carbocycles. The highest BCUT2D eigenvalue weighted by Crippen LogP contribution is 2.39. The first-order valence-electron chi connectivity index (χ1n) is 8.15. The number of rotatable bonds is 3. The number of allylic oxidation sites excluding steroid dienone is 1. The van der Waals surface area contributed by atoms with E-state index in [2.05, 4.69) is 10.1 Å². The first kappa shape index (κ1) is 17.4. The van der Waals surface area contributed by atoms with Gasteiger partial charge in [-0.1, -0.05) is 36.4 Å². The van der Waals surface area contributed by atoms with E-state index in [-0.39, 0.29) is 11.5 Å². The topological polar surface area (TPSA) is 75.0 Å². The minimum atomic E-state index is -0.676. The van der Waals surface area contributed by atoms with Crippen molar-refractivity contribution >= 4 is 23.6 Å². The van der Waals surface area contributed by atoms with Crippen molar-refractivity contribution in [3.63, 3.8) is 0 Å². The van der Waals surface area contributed by atoms with Crippen LogP contribution in [0, 0.1) is 0 Å². The molecule has 1 aromatic carbocycles. The Labute approximate surface area is 151 Å². The van der Waals surface area contributed by atoms with Crippen molar-refractivity contribution < 1.29 is 14.6 Å². The van der Waals surface area contributed by atoms with E-state index in [9.17, 15) is 9.90 Å². The van der Waals surface area contributed by atoms with Crippen LogP contribution in [0.2, 0.25) is 0 Å². The summed E-state index contributed by atoms with van der Waals surface area (Å²) < 4.78 is 4.82. The van der Waals surface area contributed by atoms with Gasteiger partial charge in [-0.2, -0.15) is 5.10 Å². The fourth-order valence-corrected chi connectivity index (χ4v) is 2.88. The van der Waals surface area contributed by atoms with Crippen molar-refractivity contribution in [1.29, 1.82) is 0 Å². The zero-order chi connectivity index (χ0) is 18.7. The molecule has 0 bridgehead atoms. The number of nitrogens with zero attached hydrogens (tertiary/aromatic N) is 3. The van der Waals surface area contributed by atoms with Gasteiger partial charge in [0.2, 0.25) is 0 Å². The number of aliphatic hydroxyl groups is 1. The number of aromatic nitrogens is 1. The average molecular weight is 349 g/mol. The van der Waals surface area contributed by atoms with Crippen molar-refractivity contribution in [2.24, 2.45) is 5.10 Å². The smallest absolute Gasteiger partial charge is 0.360 e. The number of hydrogen-bond acceptors (Lipinski definition) is 6. The van der Waals surface area contributed by atoms with Gasteiger partial charge >= 0.3 is 5.97 Å². The fraction of sp³-hybridized carbons (Fsp3) is 0.150. The number of benzene rings is 1. The third kappa shape index (κ3) is 2.86. The second kappa shape index (κ2) is 7.23. The molecule has 3 rings (SSSR count). The van der Waals surface area contributed by atoms with Crippen molar-refractivity contribution in [2.75, 3.05) is 7.11 Å². The van der Waals surface area contributed by atoms with Crippen LogP contribution in [0.3, 0.4) is 0 Å². The van der Waals surface area contributed by atoms with Crippen LogP contribution in [0.4, 0.5) is 0 Å². The second-order valence-corrected chi connectivity index (χ2v) is 5.53. The number of carbonyl (C=O) groups excluding carboxylic acids is 1. The predicted octanol–water partition coefficient (Wildman–Crippen LogP) is 3.83. The highest BCUT2D eigenvalue weighted by atomic mass is 16.5. The van der Waals surface area contributed by atoms with Crippen LogP contribution in [0.5, 0.6) is 0 Å². The SMILES string of the molecule is C/C=N\N1C(C(=O)OC)=C(O)c2cnc(-c3ccccc3)cc2/C1=C\C. The van der Waals surface area contributed by atoms with Gasteiger partial charge in [-0.25, -0.2) is 9.80 Å². The van der Waals surface area contributed by atoms with Gasteiger partial charge in [0.25, 0.3) is 0 Å². The minimum Gasteiger partial charge on any atom is -0.505 e. The van der Waals surface area contributed by atoms with E-state index in [0.717, 1.165) is 16.8 Å². The zero-order valence-corrected chi connectivity index (χ0v) is 14.8. The Kier molecular flexibility index (Phi) is 4.84. The molecule has 0 atom stereocenters. The lowest BCUT2D eigenvalue weighted by molar-refractivity contribution is -0.137. The Morgan fingerprint density at radius 3 is 2.58 bits per heavy atom. The highest BCUT2D eigenvalue weighted by Gasteiger charge is 2.34. The normalized spacial score (nSPS) is 15.5. The molecular weight excluding hydrogens is 330 g/mol.